The molecule has 0 bridgehead atoms. The predicted molar refractivity (Wildman–Crippen MR) is 127 cm³/mol. The maximum Gasteiger partial charge on any atom is 1.00 e. The number of aryl methyl sites for hydroxylation is 1. The Morgan fingerprint density at radius 2 is 1.76 bits per heavy atom. The Kier molecular flexibility index (Phi) is 7.18. The molecule has 1 aromatic carbocycles. The van der Waals surface area contributed by atoms with Crippen LogP contribution in [0.5, 0.6) is 0 Å². The summed E-state index contributed by atoms with van der Waals surface area (Å²) in [5.41, 5.74) is 7.61. The van der Waals surface area contributed by atoms with Gasteiger partial charge in [-0.2, -0.15) is 0 Å². The average molecular weight is 513 g/mol. The van der Waals surface area contributed by atoms with E-state index in [2.05, 4.69) is 57.8 Å². The number of hydrogen-bond acceptors (Lipinski definition) is 0. The van der Waals surface area contributed by atoms with E-state index < -0.39 is 0 Å². The summed E-state index contributed by atoms with van der Waals surface area (Å²) in [5.74, 6) is 5.24. The molecule has 0 nitrogen and oxygen atoms in total. The standard InChI is InChI=1S/C13H21Br.C13H13Br.Li/c2*1-8-5-10-7-9-3-2-4-11(9)13(14)12(10)6-8;/h8-13H,2-7H2,1H3;5,7H,2-4,6H2,1H3;/q;;+1. The summed E-state index contributed by atoms with van der Waals surface area (Å²) >= 11 is 7.81. The van der Waals surface area contributed by atoms with Gasteiger partial charge in [0.25, 0.3) is 0 Å². The summed E-state index contributed by atoms with van der Waals surface area (Å²) in [6.07, 6.45) is 16.5. The molecular weight excluding hydrogens is 479 g/mol. The molecule has 6 atom stereocenters. The van der Waals surface area contributed by atoms with Crippen LogP contribution in [0.25, 0.3) is 6.08 Å². The van der Waals surface area contributed by atoms with Gasteiger partial charge in [0, 0.05) is 9.30 Å². The molecule has 29 heavy (non-hydrogen) atoms. The molecule has 0 radical (unpaired) electrons. The second-order valence-electron chi connectivity index (χ2n) is 10.5. The number of alkyl halides is 1. The quantitative estimate of drug-likeness (QED) is 0.334. The fourth-order valence-corrected chi connectivity index (χ4v) is 9.42. The smallest absolute Gasteiger partial charge is 0.0884 e. The van der Waals surface area contributed by atoms with Gasteiger partial charge in [-0.3, -0.25) is 0 Å². The summed E-state index contributed by atoms with van der Waals surface area (Å²) in [6.45, 7) is 4.67. The van der Waals surface area contributed by atoms with E-state index in [0.29, 0.717) is 0 Å². The minimum Gasteiger partial charge on any atom is -0.0884 e. The topological polar surface area (TPSA) is 0 Å². The maximum absolute atomic E-state index is 4.03. The Bertz CT molecular complexity index is 798. The van der Waals surface area contributed by atoms with Gasteiger partial charge in [-0.15, -0.1) is 0 Å². The molecule has 5 aliphatic carbocycles. The van der Waals surface area contributed by atoms with Crippen molar-refractivity contribution in [2.24, 2.45) is 29.6 Å². The number of halogens is 2. The van der Waals surface area contributed by atoms with Gasteiger partial charge >= 0.3 is 18.9 Å². The third-order valence-electron chi connectivity index (χ3n) is 8.45. The number of fused-ring (bicyclic) bond motifs is 4. The van der Waals surface area contributed by atoms with E-state index in [4.69, 9.17) is 0 Å². The number of hydrogen-bond donors (Lipinski definition) is 0. The van der Waals surface area contributed by atoms with Crippen LogP contribution in [-0.2, 0) is 19.3 Å². The van der Waals surface area contributed by atoms with Crippen molar-refractivity contribution in [3.05, 3.63) is 38.4 Å². The van der Waals surface area contributed by atoms with Gasteiger partial charge in [-0.25, -0.2) is 0 Å². The maximum atomic E-state index is 4.03. The van der Waals surface area contributed by atoms with Crippen LogP contribution in [0.3, 0.4) is 0 Å². The van der Waals surface area contributed by atoms with Crippen molar-refractivity contribution < 1.29 is 18.9 Å². The first-order valence-corrected chi connectivity index (χ1v) is 13.4. The molecule has 0 spiro atoms. The Labute approximate surface area is 206 Å². The number of allylic oxidation sites excluding steroid dienone is 1. The van der Waals surface area contributed by atoms with Gasteiger partial charge in [0.05, 0.1) is 0 Å². The second kappa shape index (κ2) is 9.17. The van der Waals surface area contributed by atoms with Crippen LogP contribution in [0.2, 0.25) is 0 Å². The first kappa shape index (κ1) is 22.7. The van der Waals surface area contributed by atoms with Crippen molar-refractivity contribution >= 4 is 37.9 Å². The van der Waals surface area contributed by atoms with E-state index in [0.717, 1.165) is 40.8 Å². The molecule has 0 aromatic heterocycles. The molecule has 1 aromatic rings. The molecule has 0 amide bonds. The van der Waals surface area contributed by atoms with Crippen molar-refractivity contribution in [3.8, 4) is 0 Å². The SMILES string of the molecule is CC1=Cc2cc3c(c(Br)c2C1)CCC3.CC1CC2CC3CCCC3C(Br)C2C1.[Li+]. The summed E-state index contributed by atoms with van der Waals surface area (Å²) in [7, 11) is 0. The third-order valence-corrected chi connectivity index (χ3v) is 10.8. The fraction of sp³-hybridized carbons (Fsp3) is 0.692. The van der Waals surface area contributed by atoms with Crippen molar-refractivity contribution in [1.29, 1.82) is 0 Å². The van der Waals surface area contributed by atoms with E-state index in [1.165, 1.54) is 72.5 Å². The van der Waals surface area contributed by atoms with Crippen molar-refractivity contribution in [1.82, 2.24) is 0 Å². The Hall–Kier alpha value is 0.517. The average Bonchev–Trinajstić information content (AvgIpc) is 3.41. The molecule has 6 unspecified atom stereocenters. The summed E-state index contributed by atoms with van der Waals surface area (Å²) in [6, 6.07) is 2.40. The fourth-order valence-electron chi connectivity index (χ4n) is 7.25. The zero-order valence-electron chi connectivity index (χ0n) is 18.4. The molecule has 5 aliphatic rings. The molecule has 6 rings (SSSR count). The van der Waals surface area contributed by atoms with E-state index in [1.807, 2.05) is 0 Å². The van der Waals surface area contributed by atoms with Gasteiger partial charge in [-0.1, -0.05) is 69.3 Å². The van der Waals surface area contributed by atoms with Gasteiger partial charge in [0.1, 0.15) is 0 Å². The number of rotatable bonds is 0. The van der Waals surface area contributed by atoms with Crippen LogP contribution in [0.4, 0.5) is 0 Å². The third kappa shape index (κ3) is 4.27. The Balaban J connectivity index is 0.000000137. The van der Waals surface area contributed by atoms with Crippen LogP contribution in [0.1, 0.15) is 81.0 Å². The van der Waals surface area contributed by atoms with Crippen molar-refractivity contribution in [3.63, 3.8) is 0 Å². The van der Waals surface area contributed by atoms with E-state index in [1.54, 1.807) is 17.5 Å². The van der Waals surface area contributed by atoms with Crippen LogP contribution in [0, 0.1) is 29.6 Å². The summed E-state index contributed by atoms with van der Waals surface area (Å²) in [5, 5.41) is 0. The second-order valence-corrected chi connectivity index (χ2v) is 12.3. The number of benzene rings is 1. The molecule has 3 saturated carbocycles. The van der Waals surface area contributed by atoms with Gasteiger partial charge in [0.15, 0.2) is 0 Å². The van der Waals surface area contributed by atoms with Crippen LogP contribution in [0.15, 0.2) is 16.1 Å². The van der Waals surface area contributed by atoms with E-state index in [9.17, 15) is 0 Å². The molecule has 0 heterocycles. The summed E-state index contributed by atoms with van der Waals surface area (Å²) < 4.78 is 1.40. The monoisotopic (exact) mass is 511 g/mol. The molecule has 3 heteroatoms. The predicted octanol–water partition coefficient (Wildman–Crippen LogP) is 5.13. The van der Waals surface area contributed by atoms with E-state index in [-0.39, 0.29) is 18.9 Å². The largest absolute Gasteiger partial charge is 1.00 e. The molecular formula is C26H34Br2Li+. The van der Waals surface area contributed by atoms with Crippen LogP contribution in [-0.4, -0.2) is 4.83 Å². The zero-order chi connectivity index (χ0) is 19.4. The van der Waals surface area contributed by atoms with Gasteiger partial charge in [0.2, 0.25) is 0 Å². The summed E-state index contributed by atoms with van der Waals surface area (Å²) in [4.78, 5) is 0.874. The van der Waals surface area contributed by atoms with E-state index >= 15 is 0 Å². The molecule has 3 fully saturated rings. The van der Waals surface area contributed by atoms with Crippen molar-refractivity contribution in [2.45, 2.75) is 82.9 Å². The molecule has 0 N–H and O–H groups in total. The Morgan fingerprint density at radius 3 is 2.59 bits per heavy atom. The normalized spacial score (nSPS) is 36.2. The van der Waals surface area contributed by atoms with Crippen LogP contribution >= 0.6 is 31.9 Å². The first-order valence-electron chi connectivity index (χ1n) is 11.7. The zero-order valence-corrected chi connectivity index (χ0v) is 21.6. The van der Waals surface area contributed by atoms with Gasteiger partial charge < -0.3 is 0 Å². The first-order chi connectivity index (χ1) is 13.5. The molecule has 0 saturated heterocycles. The van der Waals surface area contributed by atoms with Crippen LogP contribution < -0.4 is 18.9 Å². The minimum absolute atomic E-state index is 0. The minimum atomic E-state index is 0. The van der Waals surface area contributed by atoms with Crippen molar-refractivity contribution in [2.75, 3.05) is 0 Å². The molecule has 152 valence electrons. The molecule has 0 aliphatic heterocycles. The Morgan fingerprint density at radius 1 is 0.931 bits per heavy atom. The van der Waals surface area contributed by atoms with Gasteiger partial charge in [-0.05, 0) is 110 Å².